The summed E-state index contributed by atoms with van der Waals surface area (Å²) in [5, 5.41) is 14.2. The zero-order valence-corrected chi connectivity index (χ0v) is 12.2. The fourth-order valence-corrected chi connectivity index (χ4v) is 2.87. The highest BCUT2D eigenvalue weighted by Crippen LogP contribution is 2.68. The lowest BCUT2D eigenvalue weighted by Crippen LogP contribution is -2.11. The van der Waals surface area contributed by atoms with Crippen LogP contribution in [0.15, 0.2) is 12.3 Å². The van der Waals surface area contributed by atoms with E-state index in [1.807, 2.05) is 0 Å². The molecular weight excluding hydrogens is 242 g/mol. The Morgan fingerprint density at radius 2 is 1.95 bits per heavy atom. The van der Waals surface area contributed by atoms with Gasteiger partial charge in [0.1, 0.15) is 0 Å². The molecule has 104 valence electrons. The van der Waals surface area contributed by atoms with Crippen LogP contribution in [0.3, 0.4) is 0 Å². The lowest BCUT2D eigenvalue weighted by molar-refractivity contribution is -0.384. The highest BCUT2D eigenvalue weighted by atomic mass is 16.6. The largest absolute Gasteiger partial charge is 0.364 e. The van der Waals surface area contributed by atoms with Crippen molar-refractivity contribution in [3.8, 4) is 0 Å². The summed E-state index contributed by atoms with van der Waals surface area (Å²) < 4.78 is 0. The first kappa shape index (κ1) is 13.8. The standard InChI is InChI=1S/C14H21N3O2/c1-9-6-10(17(18)19)12(15-7-9)16-8-11-13(2,3)14(11,4)5/h6-7,11H,8H2,1-5H3,(H,15,16). The second-order valence-electron chi connectivity index (χ2n) is 6.51. The number of hydrogen-bond donors (Lipinski definition) is 1. The fraction of sp³-hybridized carbons (Fsp3) is 0.643. The van der Waals surface area contributed by atoms with Crippen LogP contribution < -0.4 is 5.32 Å². The predicted molar refractivity (Wildman–Crippen MR) is 75.2 cm³/mol. The number of aromatic nitrogens is 1. The minimum atomic E-state index is -0.383. The van der Waals surface area contributed by atoms with E-state index in [4.69, 9.17) is 0 Å². The number of nitro groups is 1. The molecule has 1 saturated carbocycles. The van der Waals surface area contributed by atoms with E-state index in [1.54, 1.807) is 19.2 Å². The summed E-state index contributed by atoms with van der Waals surface area (Å²) in [4.78, 5) is 14.8. The van der Waals surface area contributed by atoms with E-state index in [0.717, 1.165) is 12.1 Å². The van der Waals surface area contributed by atoms with E-state index >= 15 is 0 Å². The molecule has 0 atom stereocenters. The Bertz CT molecular complexity index is 509. The molecular formula is C14H21N3O2. The van der Waals surface area contributed by atoms with Crippen molar-refractivity contribution in [2.24, 2.45) is 16.7 Å². The summed E-state index contributed by atoms with van der Waals surface area (Å²) in [5.74, 6) is 0.872. The average molecular weight is 263 g/mol. The van der Waals surface area contributed by atoms with Gasteiger partial charge in [-0.15, -0.1) is 0 Å². The van der Waals surface area contributed by atoms with Crippen molar-refractivity contribution in [2.75, 3.05) is 11.9 Å². The van der Waals surface area contributed by atoms with Gasteiger partial charge in [-0.3, -0.25) is 10.1 Å². The molecule has 1 fully saturated rings. The third-order valence-corrected chi connectivity index (χ3v) is 4.99. The molecule has 19 heavy (non-hydrogen) atoms. The van der Waals surface area contributed by atoms with E-state index in [9.17, 15) is 10.1 Å². The highest BCUT2D eigenvalue weighted by Gasteiger charge is 2.64. The number of hydrogen-bond acceptors (Lipinski definition) is 4. The lowest BCUT2D eigenvalue weighted by Gasteiger charge is -2.07. The Morgan fingerprint density at radius 3 is 2.42 bits per heavy atom. The minimum Gasteiger partial charge on any atom is -0.364 e. The molecule has 1 N–H and O–H groups in total. The molecule has 1 aliphatic carbocycles. The van der Waals surface area contributed by atoms with Crippen molar-refractivity contribution in [1.29, 1.82) is 0 Å². The maximum atomic E-state index is 11.0. The summed E-state index contributed by atoms with van der Waals surface area (Å²) >= 11 is 0. The van der Waals surface area contributed by atoms with Crippen LogP contribution in [0.1, 0.15) is 33.3 Å². The van der Waals surface area contributed by atoms with Crippen molar-refractivity contribution < 1.29 is 4.92 Å². The topological polar surface area (TPSA) is 68.1 Å². The number of nitrogens with one attached hydrogen (secondary N) is 1. The van der Waals surface area contributed by atoms with Gasteiger partial charge in [-0.1, -0.05) is 27.7 Å². The van der Waals surface area contributed by atoms with Gasteiger partial charge in [0.15, 0.2) is 0 Å². The molecule has 5 heteroatoms. The van der Waals surface area contributed by atoms with E-state index < -0.39 is 0 Å². The van der Waals surface area contributed by atoms with Crippen LogP contribution in [-0.2, 0) is 0 Å². The van der Waals surface area contributed by atoms with Gasteiger partial charge >= 0.3 is 5.69 Å². The van der Waals surface area contributed by atoms with Crippen molar-refractivity contribution in [2.45, 2.75) is 34.6 Å². The smallest absolute Gasteiger partial charge is 0.311 e. The van der Waals surface area contributed by atoms with Gasteiger partial charge in [0.2, 0.25) is 5.82 Å². The molecule has 0 amide bonds. The summed E-state index contributed by atoms with van der Waals surface area (Å²) in [6, 6.07) is 1.55. The molecule has 0 aromatic carbocycles. The third-order valence-electron chi connectivity index (χ3n) is 4.99. The van der Waals surface area contributed by atoms with Crippen LogP contribution >= 0.6 is 0 Å². The monoisotopic (exact) mass is 263 g/mol. The normalized spacial score (nSPS) is 20.1. The second-order valence-corrected chi connectivity index (χ2v) is 6.51. The fourth-order valence-electron chi connectivity index (χ4n) is 2.87. The lowest BCUT2D eigenvalue weighted by atomic mass is 10.0. The van der Waals surface area contributed by atoms with E-state index in [2.05, 4.69) is 38.0 Å². The molecule has 1 aliphatic rings. The molecule has 0 saturated heterocycles. The molecule has 0 aliphatic heterocycles. The van der Waals surface area contributed by atoms with Gasteiger partial charge in [-0.2, -0.15) is 0 Å². The molecule has 0 unspecified atom stereocenters. The zero-order chi connectivity index (χ0) is 14.4. The van der Waals surface area contributed by atoms with Gasteiger partial charge < -0.3 is 5.32 Å². The third kappa shape index (κ3) is 2.17. The van der Waals surface area contributed by atoms with Gasteiger partial charge in [0.05, 0.1) is 4.92 Å². The number of anilines is 1. The Morgan fingerprint density at radius 1 is 1.37 bits per heavy atom. The van der Waals surface area contributed by atoms with Gasteiger partial charge in [0.25, 0.3) is 0 Å². The summed E-state index contributed by atoms with van der Waals surface area (Å²) in [6.07, 6.45) is 1.65. The highest BCUT2D eigenvalue weighted by molar-refractivity contribution is 5.56. The molecule has 0 spiro atoms. The Kier molecular flexibility index (Phi) is 3.03. The van der Waals surface area contributed by atoms with Crippen molar-refractivity contribution in [3.05, 3.63) is 27.9 Å². The van der Waals surface area contributed by atoms with E-state index in [0.29, 0.717) is 11.7 Å². The molecule has 1 heterocycles. The molecule has 0 radical (unpaired) electrons. The van der Waals surface area contributed by atoms with Gasteiger partial charge in [-0.25, -0.2) is 4.98 Å². The number of aryl methyl sites for hydroxylation is 1. The first-order valence-corrected chi connectivity index (χ1v) is 6.53. The Labute approximate surface area is 113 Å². The molecule has 0 bridgehead atoms. The molecule has 1 aromatic heterocycles. The number of pyridine rings is 1. The first-order valence-electron chi connectivity index (χ1n) is 6.53. The van der Waals surface area contributed by atoms with Crippen LogP contribution in [-0.4, -0.2) is 16.5 Å². The second kappa shape index (κ2) is 4.18. The van der Waals surface area contributed by atoms with Gasteiger partial charge in [-0.05, 0) is 29.2 Å². The molecule has 2 rings (SSSR count). The molecule has 1 aromatic rings. The quantitative estimate of drug-likeness (QED) is 0.667. The Hall–Kier alpha value is -1.65. The molecule has 5 nitrogen and oxygen atoms in total. The van der Waals surface area contributed by atoms with Crippen LogP contribution in [0, 0.1) is 33.8 Å². The number of rotatable bonds is 4. The zero-order valence-electron chi connectivity index (χ0n) is 12.2. The first-order chi connectivity index (χ1) is 8.68. The SMILES string of the molecule is Cc1cnc(NCC2C(C)(C)C2(C)C)c([N+](=O)[O-])c1. The van der Waals surface area contributed by atoms with Crippen LogP contribution in [0.4, 0.5) is 11.5 Å². The maximum Gasteiger partial charge on any atom is 0.311 e. The maximum absolute atomic E-state index is 11.0. The predicted octanol–water partition coefficient (Wildman–Crippen LogP) is 3.39. The summed E-state index contributed by atoms with van der Waals surface area (Å²) in [6.45, 7) is 11.5. The number of nitrogens with zero attached hydrogens (tertiary/aromatic N) is 2. The Balaban J connectivity index is 2.11. The van der Waals surface area contributed by atoms with Crippen molar-refractivity contribution in [3.63, 3.8) is 0 Å². The summed E-state index contributed by atoms with van der Waals surface area (Å²) in [5.41, 5.74) is 1.37. The minimum absolute atomic E-state index is 0.0521. The van der Waals surface area contributed by atoms with Gasteiger partial charge in [0, 0.05) is 18.8 Å². The van der Waals surface area contributed by atoms with Crippen molar-refractivity contribution >= 4 is 11.5 Å². The summed E-state index contributed by atoms with van der Waals surface area (Å²) in [7, 11) is 0. The van der Waals surface area contributed by atoms with Crippen LogP contribution in [0.25, 0.3) is 0 Å². The van der Waals surface area contributed by atoms with Crippen LogP contribution in [0.2, 0.25) is 0 Å². The van der Waals surface area contributed by atoms with Crippen molar-refractivity contribution in [1.82, 2.24) is 4.98 Å². The van der Waals surface area contributed by atoms with E-state index in [1.165, 1.54) is 0 Å². The average Bonchev–Trinajstić information content (AvgIpc) is 2.68. The van der Waals surface area contributed by atoms with Crippen LogP contribution in [0.5, 0.6) is 0 Å². The van der Waals surface area contributed by atoms with E-state index in [-0.39, 0.29) is 21.4 Å².